The minimum Gasteiger partial charge on any atom is -0.492 e. The maximum atomic E-state index is 11.5. The summed E-state index contributed by atoms with van der Waals surface area (Å²) in [5, 5.41) is 11.4. The van der Waals surface area contributed by atoms with Crippen LogP contribution in [0.3, 0.4) is 0 Å². The molecule has 0 atom stereocenters. The van der Waals surface area contributed by atoms with Crippen LogP contribution in [0.5, 0.6) is 5.75 Å². The van der Waals surface area contributed by atoms with E-state index < -0.39 is 0 Å². The monoisotopic (exact) mass is 266 g/mol. The topological polar surface area (TPSA) is 62.1 Å². The summed E-state index contributed by atoms with van der Waals surface area (Å²) < 4.78 is 5.37. The summed E-state index contributed by atoms with van der Waals surface area (Å²) in [7, 11) is 0. The second-order valence-corrected chi connectivity index (χ2v) is 4.16. The molecule has 0 fully saturated rings. The van der Waals surface area contributed by atoms with Crippen molar-refractivity contribution in [3.05, 3.63) is 28.3 Å². The molecule has 5 heteroatoms. The minimum absolute atomic E-state index is 0.0165. The van der Waals surface area contributed by atoms with Crippen molar-refractivity contribution in [1.29, 1.82) is 5.26 Å². The van der Waals surface area contributed by atoms with Crippen LogP contribution in [0.4, 0.5) is 0 Å². The molecule has 1 N–H and O–H groups in total. The Kier molecular flexibility index (Phi) is 5.47. The predicted octanol–water partition coefficient (Wildman–Crippen LogP) is 2.23. The first-order valence-electron chi connectivity index (χ1n) is 5.64. The van der Waals surface area contributed by atoms with Gasteiger partial charge in [-0.2, -0.15) is 5.26 Å². The van der Waals surface area contributed by atoms with Crippen molar-refractivity contribution in [3.63, 3.8) is 0 Å². The highest BCUT2D eigenvalue weighted by molar-refractivity contribution is 6.32. The molecule has 1 amide bonds. The molecular formula is C13H15ClN2O2. The number of ether oxygens (including phenoxy) is 1. The van der Waals surface area contributed by atoms with Crippen molar-refractivity contribution in [2.45, 2.75) is 20.3 Å². The first kappa shape index (κ1) is 14.3. The maximum Gasteiger partial charge on any atom is 0.225 e. The second kappa shape index (κ2) is 6.87. The van der Waals surface area contributed by atoms with Gasteiger partial charge in [0.2, 0.25) is 5.91 Å². The zero-order chi connectivity index (χ0) is 13.5. The molecular weight excluding hydrogens is 252 g/mol. The van der Waals surface area contributed by atoms with E-state index in [1.807, 2.05) is 26.0 Å². The number of rotatable bonds is 5. The Morgan fingerprint density at radius 3 is 2.89 bits per heavy atom. The number of nitrogens with zero attached hydrogens (tertiary/aromatic N) is 1. The summed E-state index contributed by atoms with van der Waals surface area (Å²) in [6.07, 6.45) is 0.208. The summed E-state index contributed by atoms with van der Waals surface area (Å²) in [6.45, 7) is 4.34. The zero-order valence-corrected chi connectivity index (χ0v) is 11.2. The van der Waals surface area contributed by atoms with Crippen LogP contribution in [-0.2, 0) is 11.2 Å². The third-order valence-electron chi connectivity index (χ3n) is 2.41. The number of hydrogen-bond donors (Lipinski definition) is 1. The van der Waals surface area contributed by atoms with E-state index in [0.717, 1.165) is 11.1 Å². The summed E-state index contributed by atoms with van der Waals surface area (Å²) in [5.41, 5.74) is 1.77. The van der Waals surface area contributed by atoms with E-state index in [1.54, 1.807) is 6.07 Å². The van der Waals surface area contributed by atoms with Crippen molar-refractivity contribution in [3.8, 4) is 11.8 Å². The Balaban J connectivity index is 2.81. The Hall–Kier alpha value is -1.73. The molecule has 1 rings (SSSR count). The Morgan fingerprint density at radius 1 is 1.56 bits per heavy atom. The van der Waals surface area contributed by atoms with Crippen molar-refractivity contribution in [2.24, 2.45) is 0 Å². The van der Waals surface area contributed by atoms with E-state index in [0.29, 0.717) is 17.4 Å². The highest BCUT2D eigenvalue weighted by atomic mass is 35.5. The number of nitriles is 1. The van der Waals surface area contributed by atoms with Gasteiger partial charge in [-0.1, -0.05) is 11.6 Å². The maximum absolute atomic E-state index is 11.5. The molecule has 1 aromatic carbocycles. The number of carbonyl (C=O) groups excluding carboxylic acids is 1. The molecule has 0 aliphatic heterocycles. The molecule has 0 aromatic heterocycles. The van der Waals surface area contributed by atoms with Gasteiger partial charge in [0.15, 0.2) is 0 Å². The number of amides is 1. The zero-order valence-electron chi connectivity index (χ0n) is 10.4. The first-order chi connectivity index (χ1) is 8.58. The van der Waals surface area contributed by atoms with Crippen LogP contribution in [0.25, 0.3) is 0 Å². The summed E-state index contributed by atoms with van der Waals surface area (Å²) >= 11 is 6.06. The lowest BCUT2D eigenvalue weighted by Crippen LogP contribution is -2.25. The Bertz CT molecular complexity index is 481. The molecule has 18 heavy (non-hydrogen) atoms. The molecule has 0 heterocycles. The van der Waals surface area contributed by atoms with E-state index in [1.165, 1.54) is 0 Å². The van der Waals surface area contributed by atoms with Gasteiger partial charge in [-0.25, -0.2) is 0 Å². The fourth-order valence-corrected chi connectivity index (χ4v) is 1.77. The summed E-state index contributed by atoms with van der Waals surface area (Å²) in [6, 6.07) is 5.41. The van der Waals surface area contributed by atoms with Gasteiger partial charge in [0.1, 0.15) is 12.3 Å². The Morgan fingerprint density at radius 2 is 2.28 bits per heavy atom. The van der Waals surface area contributed by atoms with Crippen LogP contribution in [-0.4, -0.2) is 19.1 Å². The number of carbonyl (C=O) groups is 1. The van der Waals surface area contributed by atoms with Crippen molar-refractivity contribution in [2.75, 3.05) is 13.2 Å². The predicted molar refractivity (Wildman–Crippen MR) is 69.7 cm³/mol. The van der Waals surface area contributed by atoms with Gasteiger partial charge in [-0.3, -0.25) is 4.79 Å². The van der Waals surface area contributed by atoms with Crippen LogP contribution in [0.2, 0.25) is 5.02 Å². The van der Waals surface area contributed by atoms with Crippen molar-refractivity contribution < 1.29 is 9.53 Å². The third kappa shape index (κ3) is 3.94. The number of aryl methyl sites for hydroxylation is 1. The molecule has 0 radical (unpaired) electrons. The minimum atomic E-state index is -0.195. The molecule has 1 aromatic rings. The fourth-order valence-electron chi connectivity index (χ4n) is 1.53. The third-order valence-corrected chi connectivity index (χ3v) is 2.70. The quantitative estimate of drug-likeness (QED) is 0.832. The normalized spacial score (nSPS) is 9.67. The number of halogens is 1. The van der Waals surface area contributed by atoms with Gasteiger partial charge >= 0.3 is 0 Å². The standard InChI is InChI=1S/C13H15ClN2O2/c1-3-18-12-6-9(2)10(7-11(12)14)8-13(17)16-5-4-15/h6-7H,3,5,8H2,1-2H3,(H,16,17). The smallest absolute Gasteiger partial charge is 0.225 e. The van der Waals surface area contributed by atoms with Crippen LogP contribution in [0.1, 0.15) is 18.1 Å². The van der Waals surface area contributed by atoms with E-state index in [4.69, 9.17) is 21.6 Å². The van der Waals surface area contributed by atoms with Crippen molar-refractivity contribution >= 4 is 17.5 Å². The largest absolute Gasteiger partial charge is 0.492 e. The highest BCUT2D eigenvalue weighted by Gasteiger charge is 2.10. The first-order valence-corrected chi connectivity index (χ1v) is 6.01. The lowest BCUT2D eigenvalue weighted by Gasteiger charge is -2.11. The number of hydrogen-bond acceptors (Lipinski definition) is 3. The van der Waals surface area contributed by atoms with Crippen LogP contribution in [0, 0.1) is 18.3 Å². The molecule has 0 spiro atoms. The molecule has 0 unspecified atom stereocenters. The van der Waals surface area contributed by atoms with Crippen LogP contribution in [0.15, 0.2) is 12.1 Å². The molecule has 4 nitrogen and oxygen atoms in total. The SMILES string of the molecule is CCOc1cc(C)c(CC(=O)NCC#N)cc1Cl. The van der Waals surface area contributed by atoms with E-state index in [9.17, 15) is 4.79 Å². The summed E-state index contributed by atoms with van der Waals surface area (Å²) in [5.74, 6) is 0.428. The van der Waals surface area contributed by atoms with Gasteiger partial charge in [-0.05, 0) is 37.1 Å². The van der Waals surface area contributed by atoms with E-state index in [2.05, 4.69) is 5.32 Å². The van der Waals surface area contributed by atoms with Crippen LogP contribution >= 0.6 is 11.6 Å². The molecule has 0 saturated heterocycles. The molecule has 96 valence electrons. The lowest BCUT2D eigenvalue weighted by atomic mass is 10.0. The average molecular weight is 267 g/mol. The van der Waals surface area contributed by atoms with E-state index >= 15 is 0 Å². The van der Waals surface area contributed by atoms with E-state index in [-0.39, 0.29) is 18.9 Å². The van der Waals surface area contributed by atoms with Crippen LogP contribution < -0.4 is 10.1 Å². The highest BCUT2D eigenvalue weighted by Crippen LogP contribution is 2.28. The number of benzene rings is 1. The molecule has 0 aliphatic rings. The van der Waals surface area contributed by atoms with Gasteiger partial charge in [0.25, 0.3) is 0 Å². The van der Waals surface area contributed by atoms with Gasteiger partial charge in [0.05, 0.1) is 24.1 Å². The van der Waals surface area contributed by atoms with Gasteiger partial charge in [-0.15, -0.1) is 0 Å². The molecule has 0 aliphatic carbocycles. The lowest BCUT2D eigenvalue weighted by molar-refractivity contribution is -0.120. The summed E-state index contributed by atoms with van der Waals surface area (Å²) in [4.78, 5) is 11.5. The average Bonchev–Trinajstić information content (AvgIpc) is 2.33. The second-order valence-electron chi connectivity index (χ2n) is 3.75. The van der Waals surface area contributed by atoms with Crippen molar-refractivity contribution in [1.82, 2.24) is 5.32 Å². The molecule has 0 bridgehead atoms. The fraction of sp³-hybridized carbons (Fsp3) is 0.385. The molecule has 0 saturated carbocycles. The Labute approximate surface area is 112 Å². The van der Waals surface area contributed by atoms with Gasteiger partial charge in [0, 0.05) is 0 Å². The van der Waals surface area contributed by atoms with Gasteiger partial charge < -0.3 is 10.1 Å². The number of nitrogens with one attached hydrogen (secondary N) is 1.